The summed E-state index contributed by atoms with van der Waals surface area (Å²) < 4.78 is 52.1. The van der Waals surface area contributed by atoms with E-state index in [-0.39, 0.29) is 0 Å². The SMILES string of the molecule is C[SiH](O[Si](C)(C)C)O[Si](C)(C)O[Si](C)(C)O[Si](C)(C)O[Si](C)(C)O[Si](C)(C)O[Si](C)(C)O[Si](C)(C)C. The smallest absolute Gasteiger partial charge is 0.314 e. The van der Waals surface area contributed by atoms with Gasteiger partial charge in [-0.1, -0.05) is 0 Å². The molecular formula is C19H58O8Si9. The van der Waals surface area contributed by atoms with Crippen LogP contribution in [-0.4, -0.2) is 77.3 Å². The first-order chi connectivity index (χ1) is 15.3. The molecule has 0 aliphatic carbocycles. The van der Waals surface area contributed by atoms with Crippen LogP contribution in [0.3, 0.4) is 0 Å². The van der Waals surface area contributed by atoms with E-state index in [0.717, 1.165) is 0 Å². The average molecular weight is 667 g/mol. The number of hydrogen-bond donors (Lipinski definition) is 0. The van der Waals surface area contributed by atoms with E-state index >= 15 is 0 Å². The minimum atomic E-state index is -2.57. The molecule has 0 aromatic rings. The zero-order chi connectivity index (χ0) is 29.2. The topological polar surface area (TPSA) is 73.8 Å². The summed E-state index contributed by atoms with van der Waals surface area (Å²) in [6.07, 6.45) is 0. The van der Waals surface area contributed by atoms with Crippen LogP contribution in [-0.2, 0) is 32.9 Å². The Kier molecular flexibility index (Phi) is 13.2. The van der Waals surface area contributed by atoms with Gasteiger partial charge < -0.3 is 32.9 Å². The van der Waals surface area contributed by atoms with Crippen molar-refractivity contribution in [2.75, 3.05) is 0 Å². The maximum atomic E-state index is 6.66. The van der Waals surface area contributed by atoms with E-state index < -0.39 is 77.3 Å². The van der Waals surface area contributed by atoms with Gasteiger partial charge in [-0.05, 0) is 124 Å². The molecule has 0 radical (unpaired) electrons. The molecule has 1 atom stereocenters. The predicted molar refractivity (Wildman–Crippen MR) is 173 cm³/mol. The molecule has 0 N–H and O–H groups in total. The standard InChI is InChI=1S/C19H58O8Si9/c1-28(20-29(2,3)4)21-31(8,9)23-33(12,13)25-35(16,17)27-36(18,19)26-34(14,15)24-32(10,11)22-30(5,6)7/h28H,1-19H3. The Bertz CT molecular complexity index is 704. The predicted octanol–water partition coefficient (Wildman–Crippen LogP) is 6.85. The van der Waals surface area contributed by atoms with Crippen molar-refractivity contribution in [2.45, 2.75) is 124 Å². The molecule has 0 bridgehead atoms. The Hall–Kier alpha value is 1.63. The third-order valence-electron chi connectivity index (χ3n) is 3.98. The molecule has 0 aliphatic rings. The summed E-state index contributed by atoms with van der Waals surface area (Å²) in [5, 5.41) is 0. The van der Waals surface area contributed by atoms with Crippen molar-refractivity contribution in [1.82, 2.24) is 0 Å². The molecule has 0 saturated heterocycles. The van der Waals surface area contributed by atoms with Crippen molar-refractivity contribution in [2.24, 2.45) is 0 Å². The Morgan fingerprint density at radius 1 is 0.306 bits per heavy atom. The van der Waals surface area contributed by atoms with Gasteiger partial charge in [0.1, 0.15) is 0 Å². The highest BCUT2D eigenvalue weighted by Crippen LogP contribution is 2.28. The average Bonchev–Trinajstić information content (AvgIpc) is 2.31. The van der Waals surface area contributed by atoms with Gasteiger partial charge in [0.05, 0.1) is 0 Å². The van der Waals surface area contributed by atoms with E-state index in [9.17, 15) is 0 Å². The van der Waals surface area contributed by atoms with Gasteiger partial charge in [0.2, 0.25) is 0 Å². The van der Waals surface area contributed by atoms with Gasteiger partial charge in [0, 0.05) is 0 Å². The molecule has 0 amide bonds. The van der Waals surface area contributed by atoms with Gasteiger partial charge in [-0.25, -0.2) is 0 Å². The summed E-state index contributed by atoms with van der Waals surface area (Å²) in [6, 6.07) is 0. The fourth-order valence-corrected chi connectivity index (χ4v) is 45.5. The maximum absolute atomic E-state index is 6.66. The lowest BCUT2D eigenvalue weighted by atomic mass is 11.8. The minimum absolute atomic E-state index is 1.64. The van der Waals surface area contributed by atoms with Crippen LogP contribution in [0.25, 0.3) is 0 Å². The molecule has 0 saturated carbocycles. The molecule has 0 spiro atoms. The number of hydrogen-bond acceptors (Lipinski definition) is 8. The molecule has 17 heteroatoms. The molecule has 218 valence electrons. The van der Waals surface area contributed by atoms with Gasteiger partial charge in [0.15, 0.2) is 16.6 Å². The number of rotatable bonds is 16. The van der Waals surface area contributed by atoms with Crippen LogP contribution in [0.1, 0.15) is 0 Å². The van der Waals surface area contributed by atoms with E-state index in [1.807, 2.05) is 0 Å². The summed E-state index contributed by atoms with van der Waals surface area (Å²) in [4.78, 5) is 0. The fraction of sp³-hybridized carbons (Fsp3) is 1.00. The monoisotopic (exact) mass is 666 g/mol. The van der Waals surface area contributed by atoms with Crippen LogP contribution >= 0.6 is 0 Å². The molecule has 0 fully saturated rings. The molecule has 8 nitrogen and oxygen atoms in total. The van der Waals surface area contributed by atoms with E-state index in [2.05, 4.69) is 124 Å². The lowest BCUT2D eigenvalue weighted by molar-refractivity contribution is 0.263. The molecule has 0 aromatic heterocycles. The van der Waals surface area contributed by atoms with Gasteiger partial charge in [0.25, 0.3) is 9.28 Å². The zero-order valence-electron chi connectivity index (χ0n) is 26.8. The zero-order valence-corrected chi connectivity index (χ0v) is 36.0. The second-order valence-electron chi connectivity index (χ2n) is 14.0. The molecule has 0 heterocycles. The maximum Gasteiger partial charge on any atom is 0.314 e. The second kappa shape index (κ2) is 12.7. The molecule has 1 unspecified atom stereocenters. The lowest BCUT2D eigenvalue weighted by Gasteiger charge is -2.43. The highest BCUT2D eigenvalue weighted by Gasteiger charge is 2.48. The molecule has 0 aliphatic heterocycles. The molecule has 0 rings (SSSR count). The summed E-state index contributed by atoms with van der Waals surface area (Å²) in [6.45, 7) is 40.3. The van der Waals surface area contributed by atoms with Crippen molar-refractivity contribution in [3.8, 4) is 0 Å². The third kappa shape index (κ3) is 18.8. The first kappa shape index (κ1) is 37.6. The summed E-state index contributed by atoms with van der Waals surface area (Å²) >= 11 is 0. The molecule has 0 aromatic carbocycles. The molecule has 36 heavy (non-hydrogen) atoms. The van der Waals surface area contributed by atoms with Gasteiger partial charge in [-0.3, -0.25) is 0 Å². The molecular weight excluding hydrogens is 609 g/mol. The van der Waals surface area contributed by atoms with Crippen LogP contribution in [0.5, 0.6) is 0 Å². The van der Waals surface area contributed by atoms with Crippen molar-refractivity contribution < 1.29 is 32.9 Å². The Morgan fingerprint density at radius 3 is 0.806 bits per heavy atom. The normalized spacial score (nSPS) is 16.4. The highest BCUT2D eigenvalue weighted by molar-refractivity contribution is 6.92. The first-order valence-corrected chi connectivity index (χ1v) is 38.7. The summed E-state index contributed by atoms with van der Waals surface area (Å²) in [7, 11) is -20.0. The quantitative estimate of drug-likeness (QED) is 0.166. The Balaban J connectivity index is 5.25. The van der Waals surface area contributed by atoms with E-state index in [1.165, 1.54) is 0 Å². The van der Waals surface area contributed by atoms with E-state index in [0.29, 0.717) is 0 Å². The lowest BCUT2D eigenvalue weighted by Crippen LogP contribution is -2.61. The third-order valence-corrected chi connectivity index (χ3v) is 35.8. The van der Waals surface area contributed by atoms with Gasteiger partial charge in [-0.2, -0.15) is 0 Å². The van der Waals surface area contributed by atoms with Crippen molar-refractivity contribution in [1.29, 1.82) is 0 Å². The first-order valence-electron chi connectivity index (χ1n) is 12.9. The summed E-state index contributed by atoms with van der Waals surface area (Å²) in [5.74, 6) is 0. The van der Waals surface area contributed by atoms with Crippen LogP contribution in [0.15, 0.2) is 0 Å². The van der Waals surface area contributed by atoms with Crippen molar-refractivity contribution in [3.05, 3.63) is 0 Å². The largest absolute Gasteiger partial charge is 0.439 e. The van der Waals surface area contributed by atoms with Crippen LogP contribution in [0.2, 0.25) is 124 Å². The van der Waals surface area contributed by atoms with Crippen LogP contribution in [0.4, 0.5) is 0 Å². The second-order valence-corrected chi connectivity index (χ2v) is 47.2. The van der Waals surface area contributed by atoms with E-state index in [4.69, 9.17) is 32.9 Å². The van der Waals surface area contributed by atoms with Crippen LogP contribution in [0, 0.1) is 0 Å². The van der Waals surface area contributed by atoms with Gasteiger partial charge in [-0.15, -0.1) is 0 Å². The van der Waals surface area contributed by atoms with Gasteiger partial charge >= 0.3 is 51.4 Å². The minimum Gasteiger partial charge on any atom is -0.439 e. The van der Waals surface area contributed by atoms with Crippen LogP contribution < -0.4 is 0 Å². The van der Waals surface area contributed by atoms with Crippen molar-refractivity contribution >= 4 is 77.3 Å². The van der Waals surface area contributed by atoms with E-state index in [1.54, 1.807) is 0 Å². The van der Waals surface area contributed by atoms with Crippen molar-refractivity contribution in [3.63, 3.8) is 0 Å². The summed E-state index contributed by atoms with van der Waals surface area (Å²) in [5.41, 5.74) is 0. The fourth-order valence-electron chi connectivity index (χ4n) is 4.75. The Morgan fingerprint density at radius 2 is 0.556 bits per heavy atom. The highest BCUT2D eigenvalue weighted by atomic mass is 28.5. The Labute approximate surface area is 233 Å².